The summed E-state index contributed by atoms with van der Waals surface area (Å²) in [5.41, 5.74) is 7.78. The van der Waals surface area contributed by atoms with Crippen LogP contribution in [0.2, 0.25) is 0 Å². The molecule has 0 atom stereocenters. The van der Waals surface area contributed by atoms with Crippen molar-refractivity contribution in [3.8, 4) is 39.9 Å². The van der Waals surface area contributed by atoms with Crippen molar-refractivity contribution < 1.29 is 4.42 Å². The van der Waals surface area contributed by atoms with E-state index in [1.54, 1.807) is 11.3 Å². The fourth-order valence-corrected chi connectivity index (χ4v) is 9.52. The first kappa shape index (κ1) is 30.3. The van der Waals surface area contributed by atoms with Crippen LogP contribution in [0.3, 0.4) is 0 Å². The van der Waals surface area contributed by atoms with E-state index in [1.165, 1.54) is 37.0 Å². The quantitative estimate of drug-likeness (QED) is 0.182. The highest BCUT2D eigenvalue weighted by molar-refractivity contribution is 7.26. The van der Waals surface area contributed by atoms with Crippen molar-refractivity contribution in [1.82, 2.24) is 19.5 Å². The molecule has 0 saturated carbocycles. The van der Waals surface area contributed by atoms with Crippen LogP contribution in [0.1, 0.15) is 0 Å². The number of nitrogens with zero attached hydrogens (tertiary/aromatic N) is 4. The summed E-state index contributed by atoms with van der Waals surface area (Å²) in [6.07, 6.45) is 0. The number of rotatable bonds is 4. The van der Waals surface area contributed by atoms with Crippen LogP contribution in [0, 0.1) is 0 Å². The highest BCUT2D eigenvalue weighted by Gasteiger charge is 2.21. The van der Waals surface area contributed by atoms with E-state index >= 15 is 0 Å². The SMILES string of the molecule is c1ccc(-c2nc(-c3ccc4c(c3)oc3ccccc34)nc(-c3cc(-n4c5ccccc5c5c6ccccc6ccc54)cc4c3sc3ccccc34)n2)cc1. The van der Waals surface area contributed by atoms with Gasteiger partial charge in [-0.05, 0) is 59.3 Å². The maximum absolute atomic E-state index is 6.32. The molecule has 12 rings (SSSR count). The summed E-state index contributed by atoms with van der Waals surface area (Å²) in [6, 6.07) is 59.7. The first-order valence-electron chi connectivity index (χ1n) is 18.4. The highest BCUT2D eigenvalue weighted by Crippen LogP contribution is 2.44. The Balaban J connectivity index is 1.16. The van der Waals surface area contributed by atoms with Crippen LogP contribution in [0.4, 0.5) is 0 Å². The highest BCUT2D eigenvalue weighted by atomic mass is 32.1. The molecule has 0 fully saturated rings. The minimum Gasteiger partial charge on any atom is -0.456 e. The average Bonchev–Trinajstić information content (AvgIpc) is 3.93. The Morgan fingerprint density at radius 2 is 1.13 bits per heavy atom. The molecule has 5 nitrogen and oxygen atoms in total. The van der Waals surface area contributed by atoms with Crippen LogP contribution in [0.15, 0.2) is 174 Å². The summed E-state index contributed by atoms with van der Waals surface area (Å²) >= 11 is 1.78. The van der Waals surface area contributed by atoms with Crippen LogP contribution in [-0.4, -0.2) is 19.5 Å². The Kier molecular flexibility index (Phi) is 6.44. The van der Waals surface area contributed by atoms with Gasteiger partial charge in [-0.1, -0.05) is 121 Å². The van der Waals surface area contributed by atoms with Crippen molar-refractivity contribution in [3.63, 3.8) is 0 Å². The third-order valence-corrected chi connectivity index (χ3v) is 12.0. The van der Waals surface area contributed by atoms with E-state index in [1.807, 2.05) is 36.4 Å². The Labute approximate surface area is 318 Å². The monoisotopic (exact) mass is 720 g/mol. The van der Waals surface area contributed by atoms with Crippen molar-refractivity contribution in [1.29, 1.82) is 0 Å². The van der Waals surface area contributed by atoms with Gasteiger partial charge in [0.1, 0.15) is 11.2 Å². The maximum atomic E-state index is 6.32. The Hall–Kier alpha value is -7.15. The van der Waals surface area contributed by atoms with E-state index in [-0.39, 0.29) is 0 Å². The fourth-order valence-electron chi connectivity index (χ4n) is 8.33. The Morgan fingerprint density at radius 1 is 0.436 bits per heavy atom. The summed E-state index contributed by atoms with van der Waals surface area (Å²) in [7, 11) is 0. The van der Waals surface area contributed by atoms with Gasteiger partial charge in [-0.2, -0.15) is 0 Å². The van der Waals surface area contributed by atoms with Crippen LogP contribution in [-0.2, 0) is 0 Å². The van der Waals surface area contributed by atoms with Gasteiger partial charge in [0.15, 0.2) is 17.5 Å². The third kappa shape index (κ3) is 4.62. The number of aromatic nitrogens is 4. The first-order chi connectivity index (χ1) is 27.2. The standard InChI is InChI=1S/C49H28N4OS/c1-2-13-30(14-3-1)47-50-48(31-22-24-35-34-16-7-10-20-42(34)54-43(35)26-31)52-49(51-47)39-28-32(27-38-36-17-8-11-21-44(36)55-46(38)39)53-40-19-9-6-18-37(40)45-33-15-5-4-12-29(33)23-25-41(45)53/h1-28H. The van der Waals surface area contributed by atoms with Crippen molar-refractivity contribution in [2.45, 2.75) is 0 Å². The van der Waals surface area contributed by atoms with Gasteiger partial charge in [-0.15, -0.1) is 11.3 Å². The zero-order valence-electron chi connectivity index (χ0n) is 29.3. The van der Waals surface area contributed by atoms with E-state index < -0.39 is 0 Å². The van der Waals surface area contributed by atoms with E-state index in [0.717, 1.165) is 60.0 Å². The van der Waals surface area contributed by atoms with Crippen molar-refractivity contribution in [2.24, 2.45) is 0 Å². The van der Waals surface area contributed by atoms with E-state index in [2.05, 4.69) is 138 Å². The molecular weight excluding hydrogens is 693 g/mol. The zero-order chi connectivity index (χ0) is 36.0. The van der Waals surface area contributed by atoms with Crippen molar-refractivity contribution in [2.75, 3.05) is 0 Å². The molecule has 0 aliphatic carbocycles. The van der Waals surface area contributed by atoms with Gasteiger partial charge in [-0.3, -0.25) is 0 Å². The van der Waals surface area contributed by atoms with Crippen molar-refractivity contribution >= 4 is 86.0 Å². The maximum Gasteiger partial charge on any atom is 0.165 e. The molecule has 12 aromatic rings. The van der Waals surface area contributed by atoms with Gasteiger partial charge >= 0.3 is 0 Å². The lowest BCUT2D eigenvalue weighted by atomic mass is 10.0. The molecule has 0 radical (unpaired) electrons. The summed E-state index contributed by atoms with van der Waals surface area (Å²) in [5.74, 6) is 1.83. The molecular formula is C49H28N4OS. The van der Waals surface area contributed by atoms with Gasteiger partial charge < -0.3 is 8.98 Å². The molecule has 0 N–H and O–H groups in total. The lowest BCUT2D eigenvalue weighted by Crippen LogP contribution is -2.01. The number of furan rings is 1. The minimum absolute atomic E-state index is 0.592. The largest absolute Gasteiger partial charge is 0.456 e. The van der Waals surface area contributed by atoms with Gasteiger partial charge in [0.25, 0.3) is 0 Å². The number of hydrogen-bond acceptors (Lipinski definition) is 5. The molecule has 0 bridgehead atoms. The second-order valence-electron chi connectivity index (χ2n) is 14.0. The summed E-state index contributed by atoms with van der Waals surface area (Å²) in [6.45, 7) is 0. The first-order valence-corrected chi connectivity index (χ1v) is 19.2. The van der Waals surface area contributed by atoms with Crippen LogP contribution < -0.4 is 0 Å². The lowest BCUT2D eigenvalue weighted by molar-refractivity contribution is 0.669. The molecule has 0 unspecified atom stereocenters. The topological polar surface area (TPSA) is 56.7 Å². The van der Waals surface area contributed by atoms with Gasteiger partial charge in [0.05, 0.1) is 11.0 Å². The molecule has 6 heteroatoms. The van der Waals surface area contributed by atoms with E-state index in [0.29, 0.717) is 17.5 Å². The predicted molar refractivity (Wildman–Crippen MR) is 228 cm³/mol. The van der Waals surface area contributed by atoms with Crippen LogP contribution in [0.25, 0.3) is 115 Å². The Morgan fingerprint density at radius 3 is 2.02 bits per heavy atom. The smallest absolute Gasteiger partial charge is 0.165 e. The van der Waals surface area contributed by atoms with Crippen molar-refractivity contribution in [3.05, 3.63) is 170 Å². The van der Waals surface area contributed by atoms with E-state index in [9.17, 15) is 0 Å². The molecule has 0 aliphatic rings. The zero-order valence-corrected chi connectivity index (χ0v) is 30.1. The number of thiophene rings is 1. The van der Waals surface area contributed by atoms with Crippen LogP contribution in [0.5, 0.6) is 0 Å². The summed E-state index contributed by atoms with van der Waals surface area (Å²) < 4.78 is 11.1. The number of para-hydroxylation sites is 2. The molecule has 0 spiro atoms. The summed E-state index contributed by atoms with van der Waals surface area (Å²) in [4.78, 5) is 15.7. The van der Waals surface area contributed by atoms with E-state index in [4.69, 9.17) is 19.4 Å². The average molecular weight is 721 g/mol. The number of benzene rings is 8. The molecule has 8 aromatic carbocycles. The molecule has 55 heavy (non-hydrogen) atoms. The number of hydrogen-bond donors (Lipinski definition) is 0. The number of fused-ring (bicyclic) bond motifs is 11. The molecule has 0 saturated heterocycles. The van der Waals surface area contributed by atoms with Crippen LogP contribution >= 0.6 is 11.3 Å². The normalized spacial score (nSPS) is 12.0. The van der Waals surface area contributed by atoms with Gasteiger partial charge in [-0.25, -0.2) is 15.0 Å². The second kappa shape index (κ2) is 11.7. The lowest BCUT2D eigenvalue weighted by Gasteiger charge is -2.13. The van der Waals surface area contributed by atoms with Gasteiger partial charge in [0, 0.05) is 64.1 Å². The molecule has 4 heterocycles. The molecule has 256 valence electrons. The second-order valence-corrected chi connectivity index (χ2v) is 15.0. The molecule has 0 amide bonds. The third-order valence-electron chi connectivity index (χ3n) is 10.8. The van der Waals surface area contributed by atoms with Gasteiger partial charge in [0.2, 0.25) is 0 Å². The predicted octanol–water partition coefficient (Wildman–Crippen LogP) is 13.4. The Bertz CT molecular complexity index is 3500. The fraction of sp³-hybridized carbons (Fsp3) is 0. The minimum atomic E-state index is 0.592. The molecule has 4 aromatic heterocycles. The molecule has 0 aliphatic heterocycles. The summed E-state index contributed by atoms with van der Waals surface area (Å²) in [5, 5.41) is 9.48.